The molecule has 0 bridgehead atoms. The molecule has 0 aliphatic rings. The maximum atomic E-state index is 3.87. The van der Waals surface area contributed by atoms with E-state index in [1.165, 1.54) is 17.0 Å². The van der Waals surface area contributed by atoms with Crippen molar-refractivity contribution in [1.82, 2.24) is 4.68 Å². The average molecular weight is 178 g/mol. The Kier molecular flexibility index (Phi) is 3.18. The lowest BCUT2D eigenvalue weighted by atomic mass is 10.2. The number of nitrogens with one attached hydrogen (secondary N) is 1. The second kappa shape index (κ2) is 4.17. The summed E-state index contributed by atoms with van der Waals surface area (Å²) in [5.74, 6) is 0. The van der Waals surface area contributed by atoms with Gasteiger partial charge in [0.05, 0.1) is 0 Å². The molecule has 0 spiro atoms. The van der Waals surface area contributed by atoms with Crippen LogP contribution >= 0.6 is 0 Å². The summed E-state index contributed by atoms with van der Waals surface area (Å²) in [6, 6.07) is 4.23. The van der Waals surface area contributed by atoms with Crippen LogP contribution in [0.2, 0.25) is 0 Å². The molecule has 0 radical (unpaired) electrons. The van der Waals surface area contributed by atoms with Crippen LogP contribution in [0.1, 0.15) is 24.7 Å². The zero-order valence-corrected chi connectivity index (χ0v) is 8.72. The van der Waals surface area contributed by atoms with Gasteiger partial charge in [-0.1, -0.05) is 5.57 Å². The Bertz CT molecular complexity index is 278. The van der Waals surface area contributed by atoms with E-state index in [9.17, 15) is 0 Å². The van der Waals surface area contributed by atoms with Crippen molar-refractivity contribution in [2.24, 2.45) is 0 Å². The summed E-state index contributed by atoms with van der Waals surface area (Å²) >= 11 is 0. The van der Waals surface area contributed by atoms with Gasteiger partial charge in [-0.3, -0.25) is 4.68 Å². The average Bonchev–Trinajstić information content (AvgIpc) is 2.34. The fourth-order valence-corrected chi connectivity index (χ4v) is 1.30. The first-order chi connectivity index (χ1) is 6.11. The Morgan fingerprint density at radius 2 is 1.92 bits per heavy atom. The van der Waals surface area contributed by atoms with Crippen LogP contribution in [0.4, 0.5) is 0 Å². The summed E-state index contributed by atoms with van der Waals surface area (Å²) in [7, 11) is 0. The highest BCUT2D eigenvalue weighted by Crippen LogP contribution is 2.04. The third-order valence-electron chi connectivity index (χ3n) is 2.09. The first-order valence-electron chi connectivity index (χ1n) is 4.64. The second-order valence-electron chi connectivity index (χ2n) is 3.57. The number of aryl methyl sites for hydroxylation is 2. The van der Waals surface area contributed by atoms with Crippen LogP contribution in [0.15, 0.2) is 24.3 Å². The molecule has 0 saturated carbocycles. The molecule has 0 aliphatic heterocycles. The highest BCUT2D eigenvalue weighted by Gasteiger charge is 1.98. The fourth-order valence-electron chi connectivity index (χ4n) is 1.30. The molecule has 1 aromatic rings. The molecule has 1 aromatic heterocycles. The normalized spacial score (nSPS) is 10.1. The minimum absolute atomic E-state index is 0.950. The van der Waals surface area contributed by atoms with Crippen molar-refractivity contribution in [2.75, 3.05) is 12.0 Å². The van der Waals surface area contributed by atoms with Crippen molar-refractivity contribution in [1.29, 1.82) is 0 Å². The summed E-state index contributed by atoms with van der Waals surface area (Å²) < 4.78 is 2.11. The smallest absolute Gasteiger partial charge is 0.0366 e. The van der Waals surface area contributed by atoms with Gasteiger partial charge in [-0.25, -0.2) is 0 Å². The Hall–Kier alpha value is -1.18. The SMILES string of the molecule is C=C(C)CCNn1c(C)ccc1C. The number of rotatable bonds is 4. The summed E-state index contributed by atoms with van der Waals surface area (Å²) in [5, 5.41) is 0. The molecule has 0 aliphatic carbocycles. The standard InChI is InChI=1S/C11H18N2/c1-9(2)7-8-12-13-10(3)5-6-11(13)4/h5-6,12H,1,7-8H2,2-4H3. The molecule has 0 atom stereocenters. The van der Waals surface area contributed by atoms with E-state index in [4.69, 9.17) is 0 Å². The molecule has 0 aromatic carbocycles. The van der Waals surface area contributed by atoms with Crippen LogP contribution in [0.5, 0.6) is 0 Å². The lowest BCUT2D eigenvalue weighted by Gasteiger charge is -2.12. The summed E-state index contributed by atoms with van der Waals surface area (Å²) in [6.45, 7) is 11.1. The van der Waals surface area contributed by atoms with E-state index in [0.29, 0.717) is 0 Å². The molecule has 1 heterocycles. The maximum Gasteiger partial charge on any atom is 0.0366 e. The summed E-state index contributed by atoms with van der Waals surface area (Å²) in [5.41, 5.74) is 7.06. The van der Waals surface area contributed by atoms with E-state index in [1.54, 1.807) is 0 Å². The molecule has 1 N–H and O–H groups in total. The lowest BCUT2D eigenvalue weighted by Crippen LogP contribution is -2.18. The van der Waals surface area contributed by atoms with Crippen molar-refractivity contribution in [3.8, 4) is 0 Å². The van der Waals surface area contributed by atoms with E-state index in [-0.39, 0.29) is 0 Å². The third kappa shape index (κ3) is 2.65. The molecule has 0 fully saturated rings. The van der Waals surface area contributed by atoms with Gasteiger partial charge in [-0.15, -0.1) is 6.58 Å². The molecule has 0 saturated heterocycles. The Balaban J connectivity index is 2.49. The molecule has 2 nitrogen and oxygen atoms in total. The largest absolute Gasteiger partial charge is 0.326 e. The first-order valence-corrected chi connectivity index (χ1v) is 4.64. The van der Waals surface area contributed by atoms with Gasteiger partial charge in [-0.05, 0) is 39.3 Å². The number of nitrogens with zero attached hydrogens (tertiary/aromatic N) is 1. The van der Waals surface area contributed by atoms with Crippen molar-refractivity contribution >= 4 is 0 Å². The van der Waals surface area contributed by atoms with Crippen LogP contribution < -0.4 is 5.43 Å². The zero-order chi connectivity index (χ0) is 9.84. The molecular formula is C11H18N2. The van der Waals surface area contributed by atoms with Gasteiger partial charge in [0.15, 0.2) is 0 Å². The van der Waals surface area contributed by atoms with Gasteiger partial charge >= 0.3 is 0 Å². The van der Waals surface area contributed by atoms with Crippen LogP contribution in [0.3, 0.4) is 0 Å². The Labute approximate surface area is 80.2 Å². The van der Waals surface area contributed by atoms with Crippen molar-refractivity contribution < 1.29 is 0 Å². The van der Waals surface area contributed by atoms with E-state index >= 15 is 0 Å². The fraction of sp³-hybridized carbons (Fsp3) is 0.455. The lowest BCUT2D eigenvalue weighted by molar-refractivity contribution is 0.779. The highest BCUT2D eigenvalue weighted by molar-refractivity contribution is 5.15. The van der Waals surface area contributed by atoms with Crippen molar-refractivity contribution in [3.05, 3.63) is 35.7 Å². The summed E-state index contributed by atoms with van der Waals surface area (Å²) in [6.07, 6.45) is 1.02. The monoisotopic (exact) mass is 178 g/mol. The third-order valence-corrected chi connectivity index (χ3v) is 2.09. The highest BCUT2D eigenvalue weighted by atomic mass is 15.4. The van der Waals surface area contributed by atoms with Crippen LogP contribution in [-0.4, -0.2) is 11.2 Å². The Morgan fingerprint density at radius 1 is 1.38 bits per heavy atom. The van der Waals surface area contributed by atoms with Crippen molar-refractivity contribution in [3.63, 3.8) is 0 Å². The van der Waals surface area contributed by atoms with Crippen LogP contribution in [-0.2, 0) is 0 Å². The molecule has 72 valence electrons. The predicted octanol–water partition coefficient (Wildman–Crippen LogP) is 2.61. The zero-order valence-electron chi connectivity index (χ0n) is 8.72. The first kappa shape index (κ1) is 9.90. The summed E-state index contributed by atoms with van der Waals surface area (Å²) in [4.78, 5) is 0. The maximum absolute atomic E-state index is 3.87. The van der Waals surface area contributed by atoms with E-state index < -0.39 is 0 Å². The second-order valence-corrected chi connectivity index (χ2v) is 3.57. The molecule has 1 rings (SSSR count). The van der Waals surface area contributed by atoms with Gasteiger partial charge in [0.2, 0.25) is 0 Å². The van der Waals surface area contributed by atoms with Crippen LogP contribution in [0.25, 0.3) is 0 Å². The van der Waals surface area contributed by atoms with E-state index in [0.717, 1.165) is 13.0 Å². The predicted molar refractivity (Wildman–Crippen MR) is 57.6 cm³/mol. The number of hydrogen-bond donors (Lipinski definition) is 1. The van der Waals surface area contributed by atoms with Gasteiger partial charge in [0.1, 0.15) is 0 Å². The van der Waals surface area contributed by atoms with E-state index in [2.05, 4.69) is 49.6 Å². The quantitative estimate of drug-likeness (QED) is 0.701. The number of hydrogen-bond acceptors (Lipinski definition) is 1. The van der Waals surface area contributed by atoms with Gasteiger partial charge in [-0.2, -0.15) is 0 Å². The molecular weight excluding hydrogens is 160 g/mol. The van der Waals surface area contributed by atoms with Crippen molar-refractivity contribution in [2.45, 2.75) is 27.2 Å². The number of aromatic nitrogens is 1. The van der Waals surface area contributed by atoms with Gasteiger partial charge < -0.3 is 5.43 Å². The molecule has 0 unspecified atom stereocenters. The van der Waals surface area contributed by atoms with Gasteiger partial charge in [0, 0.05) is 17.9 Å². The minimum Gasteiger partial charge on any atom is -0.326 e. The molecule has 0 amide bonds. The topological polar surface area (TPSA) is 17.0 Å². The van der Waals surface area contributed by atoms with Gasteiger partial charge in [0.25, 0.3) is 0 Å². The molecule has 13 heavy (non-hydrogen) atoms. The Morgan fingerprint density at radius 3 is 2.38 bits per heavy atom. The van der Waals surface area contributed by atoms with Crippen LogP contribution in [0, 0.1) is 13.8 Å². The minimum atomic E-state index is 0.950. The molecule has 2 heteroatoms. The van der Waals surface area contributed by atoms with E-state index in [1.807, 2.05) is 0 Å².